The van der Waals surface area contributed by atoms with Gasteiger partial charge in [-0.2, -0.15) is 0 Å². The van der Waals surface area contributed by atoms with Gasteiger partial charge in [-0.15, -0.1) is 0 Å². The third-order valence-electron chi connectivity index (χ3n) is 2.43. The molecule has 0 saturated heterocycles. The van der Waals surface area contributed by atoms with Crippen molar-refractivity contribution in [3.8, 4) is 0 Å². The van der Waals surface area contributed by atoms with Gasteiger partial charge in [-0.25, -0.2) is 4.39 Å². The van der Waals surface area contributed by atoms with Gasteiger partial charge in [-0.05, 0) is 30.5 Å². The first-order valence-electron chi connectivity index (χ1n) is 4.37. The summed E-state index contributed by atoms with van der Waals surface area (Å²) in [5.74, 6) is -0.204. The lowest BCUT2D eigenvalue weighted by Crippen LogP contribution is -2.25. The number of fused-ring (bicyclic) bond motifs is 1. The highest BCUT2D eigenvalue weighted by atomic mass is 35.5. The molecule has 1 aliphatic rings. The SMILES string of the molecule is CN1CCCc2cc(Cl)cc(F)c21. The van der Waals surface area contributed by atoms with Gasteiger partial charge in [0.2, 0.25) is 0 Å². The van der Waals surface area contributed by atoms with E-state index in [4.69, 9.17) is 11.6 Å². The maximum Gasteiger partial charge on any atom is 0.148 e. The van der Waals surface area contributed by atoms with Crippen molar-refractivity contribution in [2.75, 3.05) is 18.5 Å². The molecule has 0 radical (unpaired) electrons. The van der Waals surface area contributed by atoms with Crippen LogP contribution in [0.2, 0.25) is 5.02 Å². The van der Waals surface area contributed by atoms with Crippen LogP contribution < -0.4 is 4.90 Å². The van der Waals surface area contributed by atoms with Gasteiger partial charge in [-0.1, -0.05) is 11.6 Å². The van der Waals surface area contributed by atoms with Crippen LogP contribution in [0.3, 0.4) is 0 Å². The van der Waals surface area contributed by atoms with Crippen molar-refractivity contribution in [2.24, 2.45) is 0 Å². The number of benzene rings is 1. The van der Waals surface area contributed by atoms with Crippen LogP contribution >= 0.6 is 11.6 Å². The summed E-state index contributed by atoms with van der Waals surface area (Å²) < 4.78 is 13.5. The molecule has 0 N–H and O–H groups in total. The number of nitrogens with zero attached hydrogens (tertiary/aromatic N) is 1. The molecule has 13 heavy (non-hydrogen) atoms. The highest BCUT2D eigenvalue weighted by Crippen LogP contribution is 2.31. The van der Waals surface area contributed by atoms with Crippen molar-refractivity contribution in [3.63, 3.8) is 0 Å². The minimum atomic E-state index is -0.204. The van der Waals surface area contributed by atoms with Gasteiger partial charge in [0.25, 0.3) is 0 Å². The normalized spacial score (nSPS) is 15.8. The highest BCUT2D eigenvalue weighted by Gasteiger charge is 2.18. The molecule has 2 rings (SSSR count). The fourth-order valence-electron chi connectivity index (χ4n) is 1.86. The highest BCUT2D eigenvalue weighted by molar-refractivity contribution is 6.30. The van der Waals surface area contributed by atoms with Crippen molar-refractivity contribution in [1.82, 2.24) is 0 Å². The van der Waals surface area contributed by atoms with Crippen molar-refractivity contribution < 1.29 is 4.39 Å². The fraction of sp³-hybridized carbons (Fsp3) is 0.400. The molecule has 3 heteroatoms. The monoisotopic (exact) mass is 199 g/mol. The van der Waals surface area contributed by atoms with Crippen molar-refractivity contribution >= 4 is 17.3 Å². The Labute approximate surface area is 82.1 Å². The van der Waals surface area contributed by atoms with Crippen LogP contribution in [0.15, 0.2) is 12.1 Å². The third-order valence-corrected chi connectivity index (χ3v) is 2.65. The van der Waals surface area contributed by atoms with Crippen LogP contribution in [0.4, 0.5) is 10.1 Å². The molecule has 0 saturated carbocycles. The van der Waals surface area contributed by atoms with Crippen LogP contribution in [-0.2, 0) is 6.42 Å². The predicted octanol–water partition coefficient (Wildman–Crippen LogP) is 2.86. The number of halogens is 2. The second-order valence-electron chi connectivity index (χ2n) is 3.42. The lowest BCUT2D eigenvalue weighted by Gasteiger charge is -2.27. The first-order valence-corrected chi connectivity index (χ1v) is 4.75. The van der Waals surface area contributed by atoms with Crippen molar-refractivity contribution in [2.45, 2.75) is 12.8 Å². The molecule has 0 bridgehead atoms. The summed E-state index contributed by atoms with van der Waals surface area (Å²) in [6, 6.07) is 3.23. The van der Waals surface area contributed by atoms with Crippen LogP contribution in [0, 0.1) is 5.82 Å². The molecule has 1 aromatic rings. The summed E-state index contributed by atoms with van der Waals surface area (Å²) in [5.41, 5.74) is 1.74. The van der Waals surface area contributed by atoms with Gasteiger partial charge < -0.3 is 4.90 Å². The molecule has 0 unspecified atom stereocenters. The summed E-state index contributed by atoms with van der Waals surface area (Å²) in [7, 11) is 1.91. The largest absolute Gasteiger partial charge is 0.372 e. The van der Waals surface area contributed by atoms with Crippen LogP contribution in [-0.4, -0.2) is 13.6 Å². The first kappa shape index (κ1) is 8.82. The molecule has 0 amide bonds. The Balaban J connectivity index is 2.56. The third kappa shape index (κ3) is 1.51. The molecular weight excluding hydrogens is 189 g/mol. The molecule has 0 fully saturated rings. The molecule has 70 valence electrons. The molecular formula is C10H11ClFN. The maximum absolute atomic E-state index is 13.5. The Morgan fingerprint density at radius 3 is 3.00 bits per heavy atom. The lowest BCUT2D eigenvalue weighted by atomic mass is 10.0. The Bertz CT molecular complexity index is 338. The lowest BCUT2D eigenvalue weighted by molar-refractivity contribution is 0.608. The van der Waals surface area contributed by atoms with Crippen LogP contribution in [0.25, 0.3) is 0 Å². The summed E-state index contributed by atoms with van der Waals surface area (Å²) in [6.07, 6.45) is 2.00. The van der Waals surface area contributed by atoms with E-state index in [0.29, 0.717) is 5.02 Å². The Morgan fingerprint density at radius 2 is 2.23 bits per heavy atom. The van der Waals surface area contributed by atoms with E-state index in [1.54, 1.807) is 0 Å². The molecule has 1 heterocycles. The van der Waals surface area contributed by atoms with Crippen molar-refractivity contribution in [1.29, 1.82) is 0 Å². The summed E-state index contributed by atoms with van der Waals surface area (Å²) in [5, 5.41) is 0.492. The zero-order chi connectivity index (χ0) is 9.42. The standard InChI is InChI=1S/C10H11ClFN/c1-13-4-2-3-7-5-8(11)6-9(12)10(7)13/h5-6H,2-4H2,1H3. The molecule has 0 aromatic heterocycles. The Hall–Kier alpha value is -0.760. The van der Waals surface area contributed by atoms with Gasteiger partial charge in [0.1, 0.15) is 5.82 Å². The van der Waals surface area contributed by atoms with E-state index in [2.05, 4.69) is 0 Å². The van der Waals surface area contributed by atoms with E-state index >= 15 is 0 Å². The average molecular weight is 200 g/mol. The van der Waals surface area contributed by atoms with E-state index in [0.717, 1.165) is 30.6 Å². The number of rotatable bonds is 0. The zero-order valence-corrected chi connectivity index (χ0v) is 8.24. The molecule has 0 spiro atoms. The van der Waals surface area contributed by atoms with Crippen molar-refractivity contribution in [3.05, 3.63) is 28.5 Å². The quantitative estimate of drug-likeness (QED) is 0.621. The minimum Gasteiger partial charge on any atom is -0.372 e. The van der Waals surface area contributed by atoms with Gasteiger partial charge in [0.05, 0.1) is 5.69 Å². The first-order chi connectivity index (χ1) is 6.18. The molecule has 1 aliphatic heterocycles. The van der Waals surface area contributed by atoms with Crippen LogP contribution in [0.5, 0.6) is 0 Å². The van der Waals surface area contributed by atoms with E-state index in [1.165, 1.54) is 6.07 Å². The van der Waals surface area contributed by atoms with E-state index < -0.39 is 0 Å². The van der Waals surface area contributed by atoms with E-state index in [1.807, 2.05) is 18.0 Å². The van der Waals surface area contributed by atoms with Crippen LogP contribution in [0.1, 0.15) is 12.0 Å². The summed E-state index contributed by atoms with van der Waals surface area (Å²) in [4.78, 5) is 1.95. The van der Waals surface area contributed by atoms with Gasteiger partial charge in [0.15, 0.2) is 0 Å². The summed E-state index contributed by atoms with van der Waals surface area (Å²) >= 11 is 5.77. The van der Waals surface area contributed by atoms with Gasteiger partial charge >= 0.3 is 0 Å². The fourth-order valence-corrected chi connectivity index (χ4v) is 2.08. The number of hydrogen-bond donors (Lipinski definition) is 0. The van der Waals surface area contributed by atoms with Gasteiger partial charge in [0, 0.05) is 18.6 Å². The Morgan fingerprint density at radius 1 is 1.46 bits per heavy atom. The maximum atomic E-state index is 13.5. The second kappa shape index (κ2) is 3.18. The van der Waals surface area contributed by atoms with Gasteiger partial charge in [-0.3, -0.25) is 0 Å². The second-order valence-corrected chi connectivity index (χ2v) is 3.86. The predicted molar refractivity (Wildman–Crippen MR) is 53.0 cm³/mol. The molecule has 1 aromatic carbocycles. The zero-order valence-electron chi connectivity index (χ0n) is 7.48. The number of aryl methyl sites for hydroxylation is 1. The Kier molecular flexibility index (Phi) is 2.16. The average Bonchev–Trinajstić information content (AvgIpc) is 2.02. The topological polar surface area (TPSA) is 3.24 Å². The molecule has 0 atom stereocenters. The van der Waals surface area contributed by atoms with E-state index in [9.17, 15) is 4.39 Å². The molecule has 0 aliphatic carbocycles. The molecule has 1 nitrogen and oxygen atoms in total. The summed E-state index contributed by atoms with van der Waals surface area (Å²) in [6.45, 7) is 0.922. The number of hydrogen-bond acceptors (Lipinski definition) is 1. The number of anilines is 1. The van der Waals surface area contributed by atoms with E-state index in [-0.39, 0.29) is 5.82 Å². The smallest absolute Gasteiger partial charge is 0.148 e. The minimum absolute atomic E-state index is 0.204.